The van der Waals surface area contributed by atoms with Crippen LogP contribution in [0.5, 0.6) is 5.75 Å². The number of hydrogen-bond acceptors (Lipinski definition) is 6. The van der Waals surface area contributed by atoms with Crippen molar-refractivity contribution >= 4 is 34.8 Å². The van der Waals surface area contributed by atoms with E-state index in [-0.39, 0.29) is 17.7 Å². The van der Waals surface area contributed by atoms with Crippen LogP contribution in [0.4, 0.5) is 11.6 Å². The number of nitrogens with one attached hydrogen (secondary N) is 2. The maximum absolute atomic E-state index is 12.8. The Morgan fingerprint density at radius 3 is 2.83 bits per heavy atom. The summed E-state index contributed by atoms with van der Waals surface area (Å²) in [5.41, 5.74) is 4.18. The molecule has 2 aliphatic rings. The molecule has 2 aliphatic carbocycles. The number of methoxy groups -OCH3 is 1. The highest BCUT2D eigenvalue weighted by Gasteiger charge is 2.45. The quantitative estimate of drug-likeness (QED) is 0.362. The van der Waals surface area contributed by atoms with Crippen LogP contribution in [0.2, 0.25) is 5.02 Å². The topological polar surface area (TPSA) is 93.4 Å². The third-order valence-corrected chi connectivity index (χ3v) is 6.90. The van der Waals surface area contributed by atoms with Gasteiger partial charge in [0.1, 0.15) is 29.4 Å². The third kappa shape index (κ3) is 4.66. The third-order valence-electron chi connectivity index (χ3n) is 6.66. The lowest BCUT2D eigenvalue weighted by molar-refractivity contribution is -0.117. The zero-order valence-corrected chi connectivity index (χ0v) is 20.0. The lowest BCUT2D eigenvalue weighted by Gasteiger charge is -2.09. The summed E-state index contributed by atoms with van der Waals surface area (Å²) in [4.78, 5) is 26.0. The lowest BCUT2D eigenvalue weighted by atomic mass is 10.1. The molecule has 2 saturated carbocycles. The molecule has 0 spiro atoms. The number of rotatable bonds is 8. The van der Waals surface area contributed by atoms with Gasteiger partial charge in [-0.05, 0) is 66.5 Å². The molecule has 2 atom stereocenters. The molecular weight excluding hydrogens is 464 g/mol. The summed E-state index contributed by atoms with van der Waals surface area (Å²) in [6, 6.07) is 11.5. The van der Waals surface area contributed by atoms with Crippen LogP contribution in [0.3, 0.4) is 0 Å². The summed E-state index contributed by atoms with van der Waals surface area (Å²) in [5.74, 6) is 2.39. The SMILES string of the molecule is COc1ccc(Cl)cc1C1CC1C(=O)Nc1cc(NCc2cn3cc(C4CC4)ccc3n2)ncn1. The summed E-state index contributed by atoms with van der Waals surface area (Å²) in [5, 5.41) is 6.82. The number of pyridine rings is 1. The summed E-state index contributed by atoms with van der Waals surface area (Å²) < 4.78 is 7.52. The number of carbonyl (C=O) groups is 1. The monoisotopic (exact) mass is 488 g/mol. The number of ether oxygens (including phenoxy) is 1. The number of aromatic nitrogens is 4. The predicted octanol–water partition coefficient (Wildman–Crippen LogP) is 5.02. The first-order chi connectivity index (χ1) is 17.1. The second kappa shape index (κ2) is 8.85. The van der Waals surface area contributed by atoms with E-state index in [1.807, 2.05) is 18.3 Å². The van der Waals surface area contributed by atoms with Crippen molar-refractivity contribution in [2.75, 3.05) is 17.7 Å². The van der Waals surface area contributed by atoms with Crippen molar-refractivity contribution in [2.45, 2.75) is 37.6 Å². The van der Waals surface area contributed by atoms with Gasteiger partial charge in [0.15, 0.2) is 0 Å². The minimum absolute atomic E-state index is 0.0755. The minimum atomic E-state index is -0.146. The van der Waals surface area contributed by atoms with Crippen molar-refractivity contribution in [3.63, 3.8) is 0 Å². The molecule has 3 heterocycles. The number of halogens is 1. The van der Waals surface area contributed by atoms with E-state index < -0.39 is 0 Å². The molecule has 1 aromatic carbocycles. The Hall–Kier alpha value is -3.65. The fourth-order valence-electron chi connectivity index (χ4n) is 4.55. The van der Waals surface area contributed by atoms with Gasteiger partial charge in [-0.25, -0.2) is 15.0 Å². The van der Waals surface area contributed by atoms with Crippen molar-refractivity contribution in [1.82, 2.24) is 19.4 Å². The molecule has 2 fully saturated rings. The van der Waals surface area contributed by atoms with E-state index in [4.69, 9.17) is 16.3 Å². The maximum atomic E-state index is 12.8. The average molecular weight is 489 g/mol. The second-order valence-corrected chi connectivity index (χ2v) is 9.64. The van der Waals surface area contributed by atoms with E-state index in [0.717, 1.165) is 29.1 Å². The van der Waals surface area contributed by atoms with E-state index in [1.54, 1.807) is 19.2 Å². The van der Waals surface area contributed by atoms with Gasteiger partial charge >= 0.3 is 0 Å². The maximum Gasteiger partial charge on any atom is 0.229 e. The molecule has 1 amide bonds. The molecule has 2 N–H and O–H groups in total. The molecule has 2 unspecified atom stereocenters. The Morgan fingerprint density at radius 2 is 2.00 bits per heavy atom. The number of amides is 1. The van der Waals surface area contributed by atoms with Crippen LogP contribution < -0.4 is 15.4 Å². The van der Waals surface area contributed by atoms with Gasteiger partial charge in [-0.1, -0.05) is 17.7 Å². The highest BCUT2D eigenvalue weighted by molar-refractivity contribution is 6.30. The lowest BCUT2D eigenvalue weighted by Crippen LogP contribution is -2.16. The first-order valence-corrected chi connectivity index (χ1v) is 12.1. The Labute approximate surface area is 207 Å². The van der Waals surface area contributed by atoms with Crippen LogP contribution in [-0.4, -0.2) is 32.4 Å². The minimum Gasteiger partial charge on any atom is -0.496 e. The zero-order valence-electron chi connectivity index (χ0n) is 19.2. The molecule has 4 aromatic rings. The molecule has 0 aliphatic heterocycles. The largest absolute Gasteiger partial charge is 0.496 e. The Balaban J connectivity index is 1.08. The van der Waals surface area contributed by atoms with Crippen LogP contribution in [0.25, 0.3) is 5.65 Å². The predicted molar refractivity (Wildman–Crippen MR) is 134 cm³/mol. The number of carbonyl (C=O) groups excluding carboxylic acids is 1. The number of nitrogens with zero attached hydrogens (tertiary/aromatic N) is 4. The Bertz CT molecular complexity index is 1420. The highest BCUT2D eigenvalue weighted by Crippen LogP contribution is 2.51. The molecule has 9 heteroatoms. The molecule has 6 rings (SSSR count). The summed E-state index contributed by atoms with van der Waals surface area (Å²) >= 11 is 6.15. The number of fused-ring (bicyclic) bond motifs is 1. The van der Waals surface area contributed by atoms with Crippen molar-refractivity contribution in [2.24, 2.45) is 5.92 Å². The van der Waals surface area contributed by atoms with Gasteiger partial charge in [0.25, 0.3) is 0 Å². The van der Waals surface area contributed by atoms with Gasteiger partial charge < -0.3 is 19.8 Å². The van der Waals surface area contributed by atoms with Crippen LogP contribution >= 0.6 is 11.6 Å². The summed E-state index contributed by atoms with van der Waals surface area (Å²) in [7, 11) is 1.62. The number of benzene rings is 1. The summed E-state index contributed by atoms with van der Waals surface area (Å²) in [6.07, 6.45) is 8.94. The smallest absolute Gasteiger partial charge is 0.229 e. The van der Waals surface area contributed by atoms with Crippen LogP contribution in [-0.2, 0) is 11.3 Å². The van der Waals surface area contributed by atoms with E-state index in [0.29, 0.717) is 29.1 Å². The molecular formula is C26H25ClN6O2. The standard InChI is InChI=1S/C26H25ClN6O2/c1-35-22-6-5-17(27)8-20(22)19-9-21(19)26(34)32-24-10-23(29-14-30-24)28-11-18-13-33-12-16(15-2-3-15)4-7-25(33)31-18/h4-8,10,12-15,19,21H,2-3,9,11H2,1H3,(H2,28,29,30,32,34). The molecule has 8 nitrogen and oxygen atoms in total. The molecule has 35 heavy (non-hydrogen) atoms. The van der Waals surface area contributed by atoms with Crippen LogP contribution in [0.1, 0.15) is 47.9 Å². The fourth-order valence-corrected chi connectivity index (χ4v) is 4.73. The summed E-state index contributed by atoms with van der Waals surface area (Å²) in [6.45, 7) is 0.518. The Morgan fingerprint density at radius 1 is 1.14 bits per heavy atom. The number of imidazole rings is 1. The number of anilines is 2. The molecule has 0 saturated heterocycles. The molecule has 3 aromatic heterocycles. The van der Waals surface area contributed by atoms with Gasteiger partial charge in [-0.15, -0.1) is 0 Å². The molecule has 178 valence electrons. The van der Waals surface area contributed by atoms with E-state index in [2.05, 4.69) is 48.3 Å². The Kier molecular flexibility index (Phi) is 5.53. The highest BCUT2D eigenvalue weighted by atomic mass is 35.5. The first kappa shape index (κ1) is 21.9. The van der Waals surface area contributed by atoms with E-state index in [9.17, 15) is 4.79 Å². The van der Waals surface area contributed by atoms with Gasteiger partial charge in [0, 0.05) is 29.4 Å². The second-order valence-electron chi connectivity index (χ2n) is 9.20. The van der Waals surface area contributed by atoms with Crippen molar-refractivity contribution in [1.29, 1.82) is 0 Å². The van der Waals surface area contributed by atoms with Crippen molar-refractivity contribution in [3.05, 3.63) is 77.0 Å². The van der Waals surface area contributed by atoms with Crippen LogP contribution in [0.15, 0.2) is 55.1 Å². The van der Waals surface area contributed by atoms with Gasteiger partial charge in [-0.3, -0.25) is 4.79 Å². The molecule has 0 bridgehead atoms. The normalized spacial score (nSPS) is 18.9. The van der Waals surface area contributed by atoms with Crippen molar-refractivity contribution in [3.8, 4) is 5.75 Å². The van der Waals surface area contributed by atoms with Gasteiger partial charge in [0.05, 0.1) is 19.3 Å². The van der Waals surface area contributed by atoms with Gasteiger partial charge in [0.2, 0.25) is 5.91 Å². The van der Waals surface area contributed by atoms with E-state index >= 15 is 0 Å². The molecule has 0 radical (unpaired) electrons. The van der Waals surface area contributed by atoms with Crippen LogP contribution in [0, 0.1) is 5.92 Å². The fraction of sp³-hybridized carbons (Fsp3) is 0.308. The van der Waals surface area contributed by atoms with Crippen molar-refractivity contribution < 1.29 is 9.53 Å². The zero-order chi connectivity index (χ0) is 23.9. The average Bonchev–Trinajstić information content (AvgIpc) is 3.79. The first-order valence-electron chi connectivity index (χ1n) is 11.7. The van der Waals surface area contributed by atoms with Gasteiger partial charge in [-0.2, -0.15) is 0 Å². The number of hydrogen-bond donors (Lipinski definition) is 2. The van der Waals surface area contributed by atoms with E-state index in [1.165, 1.54) is 24.7 Å².